The molecule has 0 spiro atoms. The van der Waals surface area contributed by atoms with Gasteiger partial charge in [-0.15, -0.1) is 0 Å². The summed E-state index contributed by atoms with van der Waals surface area (Å²) in [6.07, 6.45) is 37.7. The van der Waals surface area contributed by atoms with Gasteiger partial charge in [0.05, 0.1) is 0 Å². The Bertz CT molecular complexity index is 651. The Labute approximate surface area is 219 Å². The zero-order valence-corrected chi connectivity index (χ0v) is 23.8. The van der Waals surface area contributed by atoms with Crippen molar-refractivity contribution < 1.29 is 0 Å². The van der Waals surface area contributed by atoms with Crippen LogP contribution in [0.2, 0.25) is 18.0 Å². The van der Waals surface area contributed by atoms with Gasteiger partial charge >= 0.3 is 0 Å². The maximum absolute atomic E-state index is 1.71. The van der Waals surface area contributed by atoms with E-state index in [1.54, 1.807) is 147 Å². The van der Waals surface area contributed by atoms with Gasteiger partial charge in [-0.1, -0.05) is 77.2 Å². The maximum Gasteiger partial charge on any atom is 0.146 e. The van der Waals surface area contributed by atoms with Gasteiger partial charge in [-0.25, -0.2) is 0 Å². The van der Waals surface area contributed by atoms with E-state index in [9.17, 15) is 0 Å². The number of unbranched alkanes of at least 4 members (excludes halogenated alkanes) is 2. The summed E-state index contributed by atoms with van der Waals surface area (Å²) < 4.78 is 0. The van der Waals surface area contributed by atoms with Crippen molar-refractivity contribution >= 4 is 14.6 Å². The van der Waals surface area contributed by atoms with Crippen LogP contribution in [0.3, 0.4) is 0 Å². The van der Waals surface area contributed by atoms with E-state index in [4.69, 9.17) is 0 Å². The standard InChI is InChI=1S/C33H54BP/c1(2-10-34-30-6-4-7-31(34)9-5-8-30)3-11-35(32-18-24-12-25(19-32)14-26(13-24)20-32)33-21-27-15-28(22-33)17-29(16-27)23-33/h24-31H,1-23H2. The lowest BCUT2D eigenvalue weighted by Crippen LogP contribution is -2.56. The molecular formula is C33H54BP. The van der Waals surface area contributed by atoms with E-state index in [1.165, 1.54) is 0 Å². The summed E-state index contributed by atoms with van der Waals surface area (Å²) in [5.41, 5.74) is 0. The van der Waals surface area contributed by atoms with Crippen LogP contribution in [0.25, 0.3) is 0 Å². The fraction of sp³-hybridized carbons (Fsp3) is 1.00. The first-order valence-electron chi connectivity index (χ1n) is 16.9. The van der Waals surface area contributed by atoms with Crippen molar-refractivity contribution in [1.82, 2.24) is 0 Å². The second-order valence-corrected chi connectivity index (χ2v) is 19.5. The Kier molecular flexibility index (Phi) is 6.03. The van der Waals surface area contributed by atoms with Gasteiger partial charge in [0.25, 0.3) is 0 Å². The van der Waals surface area contributed by atoms with Crippen LogP contribution < -0.4 is 0 Å². The summed E-state index contributed by atoms with van der Waals surface area (Å²) in [6.45, 7) is 1.14. The van der Waals surface area contributed by atoms with Gasteiger partial charge in [0.2, 0.25) is 0 Å². The van der Waals surface area contributed by atoms with Crippen molar-refractivity contribution in [1.29, 1.82) is 0 Å². The molecule has 35 heavy (non-hydrogen) atoms. The first-order valence-corrected chi connectivity index (χ1v) is 18.5. The lowest BCUT2D eigenvalue weighted by atomic mass is 9.26. The third kappa shape index (κ3) is 4.08. The molecule has 10 aliphatic rings. The van der Waals surface area contributed by atoms with Crippen LogP contribution in [-0.2, 0) is 0 Å². The number of hydrogen-bond acceptors (Lipinski definition) is 0. The summed E-state index contributed by atoms with van der Waals surface area (Å²) in [5, 5.41) is 1.74. The molecule has 2 aliphatic heterocycles. The van der Waals surface area contributed by atoms with Crippen molar-refractivity contribution in [2.75, 3.05) is 6.16 Å². The molecule has 0 aromatic heterocycles. The molecule has 0 nitrogen and oxygen atoms in total. The third-order valence-electron chi connectivity index (χ3n) is 14.1. The van der Waals surface area contributed by atoms with Crippen LogP contribution in [0.1, 0.15) is 135 Å². The van der Waals surface area contributed by atoms with Crippen LogP contribution in [0.5, 0.6) is 0 Å². The minimum atomic E-state index is 0.250. The summed E-state index contributed by atoms with van der Waals surface area (Å²) in [7, 11) is 0.250. The van der Waals surface area contributed by atoms with Crippen molar-refractivity contribution in [2.45, 2.75) is 163 Å². The van der Waals surface area contributed by atoms with Crippen molar-refractivity contribution in [3.05, 3.63) is 0 Å². The molecule has 2 heteroatoms. The molecule has 0 radical (unpaired) electrons. The minimum Gasteiger partial charge on any atom is -0.0939 e. The minimum absolute atomic E-state index is 0.250. The number of fused-ring (bicyclic) bond motifs is 2. The Hall–Kier alpha value is 0.495. The van der Waals surface area contributed by atoms with Gasteiger partial charge in [0.15, 0.2) is 0 Å². The Morgan fingerprint density at radius 3 is 1.31 bits per heavy atom. The summed E-state index contributed by atoms with van der Waals surface area (Å²) in [6, 6.07) is 0. The smallest absolute Gasteiger partial charge is 0.0939 e. The van der Waals surface area contributed by atoms with E-state index in [2.05, 4.69) is 0 Å². The zero-order valence-electron chi connectivity index (χ0n) is 22.9. The molecule has 8 saturated carbocycles. The molecule has 0 aromatic rings. The monoisotopic (exact) mass is 492 g/mol. The molecule has 0 amide bonds. The Morgan fingerprint density at radius 2 is 0.914 bits per heavy atom. The topological polar surface area (TPSA) is 0 Å². The Balaban J connectivity index is 0.977. The fourth-order valence-corrected chi connectivity index (χ4v) is 19.2. The van der Waals surface area contributed by atoms with Crippen molar-refractivity contribution in [3.8, 4) is 0 Å². The second-order valence-electron chi connectivity index (χ2n) is 16.3. The lowest BCUT2D eigenvalue weighted by molar-refractivity contribution is 0.0185. The average Bonchev–Trinajstić information content (AvgIpc) is 2.79. The molecule has 0 atom stereocenters. The quantitative estimate of drug-likeness (QED) is 0.180. The highest BCUT2D eigenvalue weighted by Gasteiger charge is 2.62. The van der Waals surface area contributed by atoms with Gasteiger partial charge in [-0.05, 0) is 135 Å². The predicted molar refractivity (Wildman–Crippen MR) is 153 cm³/mol. The molecule has 0 aromatic carbocycles. The van der Waals surface area contributed by atoms with Gasteiger partial charge in [0.1, 0.15) is 6.71 Å². The third-order valence-corrected chi connectivity index (χ3v) is 18.2. The summed E-state index contributed by atoms with van der Waals surface area (Å²) in [5.74, 6) is 9.22. The molecule has 10 rings (SSSR count). The highest BCUT2D eigenvalue weighted by atomic mass is 31.1. The van der Waals surface area contributed by atoms with E-state index < -0.39 is 0 Å². The molecule has 2 heterocycles. The molecule has 2 saturated heterocycles. The van der Waals surface area contributed by atoms with E-state index >= 15 is 0 Å². The molecule has 0 unspecified atom stereocenters. The largest absolute Gasteiger partial charge is 0.146 e. The lowest BCUT2D eigenvalue weighted by Gasteiger charge is -2.67. The van der Waals surface area contributed by atoms with E-state index in [-0.39, 0.29) is 7.92 Å². The average molecular weight is 493 g/mol. The molecule has 0 N–H and O–H groups in total. The normalized spacial score (nSPS) is 52.3. The maximum atomic E-state index is 1.71. The van der Waals surface area contributed by atoms with Gasteiger partial charge in [0, 0.05) is 0 Å². The van der Waals surface area contributed by atoms with Gasteiger partial charge in [-0.3, -0.25) is 0 Å². The van der Waals surface area contributed by atoms with E-state index in [1.807, 2.05) is 0 Å². The number of rotatable bonds is 8. The first-order chi connectivity index (χ1) is 17.2. The van der Waals surface area contributed by atoms with Crippen LogP contribution in [0.15, 0.2) is 0 Å². The summed E-state index contributed by atoms with van der Waals surface area (Å²) >= 11 is 0. The van der Waals surface area contributed by atoms with Gasteiger partial charge in [-0.2, -0.15) is 0 Å². The van der Waals surface area contributed by atoms with E-state index in [0.29, 0.717) is 0 Å². The Morgan fingerprint density at radius 1 is 0.514 bits per heavy atom. The highest BCUT2D eigenvalue weighted by Crippen LogP contribution is 2.79. The van der Waals surface area contributed by atoms with Crippen LogP contribution >= 0.6 is 7.92 Å². The first kappa shape index (κ1) is 23.4. The zero-order chi connectivity index (χ0) is 23.0. The number of hydrogen-bond donors (Lipinski definition) is 0. The van der Waals surface area contributed by atoms with Crippen LogP contribution in [-0.4, -0.2) is 23.2 Å². The summed E-state index contributed by atoms with van der Waals surface area (Å²) in [4.78, 5) is 0. The molecular weight excluding hydrogens is 438 g/mol. The molecule has 8 aliphatic carbocycles. The van der Waals surface area contributed by atoms with Gasteiger partial charge < -0.3 is 0 Å². The SMILES string of the molecule is C(CCB1C2CCCC1CCC2)CCP(C12CC3CC(CC(C3)C1)C2)C12CC3CC(CC(C3)C1)C2. The van der Waals surface area contributed by atoms with E-state index in [0.717, 1.165) is 64.2 Å². The molecule has 10 fully saturated rings. The van der Waals surface area contributed by atoms with Crippen LogP contribution in [0, 0.1) is 35.5 Å². The highest BCUT2D eigenvalue weighted by molar-refractivity contribution is 7.61. The molecule has 194 valence electrons. The van der Waals surface area contributed by atoms with Crippen LogP contribution in [0.4, 0.5) is 0 Å². The predicted octanol–water partition coefficient (Wildman–Crippen LogP) is 10.2. The fourth-order valence-electron chi connectivity index (χ4n) is 13.9. The molecule has 10 bridgehead atoms. The van der Waals surface area contributed by atoms with Crippen molar-refractivity contribution in [3.63, 3.8) is 0 Å². The second kappa shape index (κ2) is 9.02. The van der Waals surface area contributed by atoms with Crippen molar-refractivity contribution in [2.24, 2.45) is 35.5 Å².